The highest BCUT2D eigenvalue weighted by Gasteiger charge is 2.66. The number of thioether (sulfide) groups is 3. The molecule has 0 radical (unpaired) electrons. The van der Waals surface area contributed by atoms with Crippen LogP contribution in [0.3, 0.4) is 0 Å². The molecule has 1 saturated heterocycles. The number of rotatable bonds is 20. The Kier molecular flexibility index (Phi) is 15.6. The number of amides is 3. The molecule has 21 heteroatoms. The SMILES string of the molecule is CO[C@@]1(NC(=O)CSCC#N)C(=O)N2C(C(=O)OCOC(=O)[C@H](CCCCN)NC(=O)[C@@H](N)CC(C)C)=C(CSc3nnnn3C)CS[C@@H]21. The predicted molar refractivity (Wildman–Crippen MR) is 180 cm³/mol. The number of carbonyl (C=O) groups excluding carboxylic acids is 5. The average molecular weight is 743 g/mol. The van der Waals surface area contributed by atoms with Crippen LogP contribution < -0.4 is 22.1 Å². The van der Waals surface area contributed by atoms with E-state index in [1.807, 2.05) is 19.9 Å². The fraction of sp³-hybridized carbons (Fsp3) is 0.679. The number of nitrogens with two attached hydrogens (primary N) is 2. The molecule has 18 nitrogen and oxygen atoms in total. The molecular formula is C28H42N10O8S3. The van der Waals surface area contributed by atoms with E-state index >= 15 is 0 Å². The highest BCUT2D eigenvalue weighted by atomic mass is 32.2. The number of fused-ring (bicyclic) bond motifs is 1. The standard InChI is InChI=1S/C28H42N10O8S3/c1-16(2)11-18(31)22(40)32-19(7-5-6-8-29)23(41)45-15-46-24(42)21-17(13-49-27-34-35-36-37(27)3)12-48-26-28(44-4,25(43)38(21)26)33-20(39)14-47-10-9-30/h16,18-19,26H,5-8,10-15,29,31H2,1-4H3,(H,32,40)(H,33,39)/t18-,19-,26+,28-/m0/s1. The van der Waals surface area contributed by atoms with Gasteiger partial charge in [0.1, 0.15) is 17.1 Å². The second-order valence-electron chi connectivity index (χ2n) is 11.4. The number of ether oxygens (including phenoxy) is 3. The summed E-state index contributed by atoms with van der Waals surface area (Å²) in [5, 5.41) is 25.0. The minimum Gasteiger partial charge on any atom is -0.426 e. The first kappa shape index (κ1) is 40.0. The van der Waals surface area contributed by atoms with Crippen LogP contribution in [0.2, 0.25) is 0 Å². The third-order valence-electron chi connectivity index (χ3n) is 7.31. The lowest BCUT2D eigenvalue weighted by Gasteiger charge is -2.56. The lowest BCUT2D eigenvalue weighted by atomic mass is 9.98. The molecule has 3 amide bonds. The zero-order valence-electron chi connectivity index (χ0n) is 27.7. The molecule has 3 heterocycles. The van der Waals surface area contributed by atoms with Crippen LogP contribution in [0, 0.1) is 17.2 Å². The summed E-state index contributed by atoms with van der Waals surface area (Å²) in [7, 11) is 2.92. The molecule has 2 aliphatic heterocycles. The van der Waals surface area contributed by atoms with Gasteiger partial charge in [-0.3, -0.25) is 19.3 Å². The third-order valence-corrected chi connectivity index (χ3v) is 10.6. The van der Waals surface area contributed by atoms with Crippen molar-refractivity contribution in [1.82, 2.24) is 35.7 Å². The van der Waals surface area contributed by atoms with Gasteiger partial charge >= 0.3 is 11.9 Å². The first-order valence-electron chi connectivity index (χ1n) is 15.3. The van der Waals surface area contributed by atoms with Crippen LogP contribution in [-0.4, -0.2) is 121 Å². The highest BCUT2D eigenvalue weighted by Crippen LogP contribution is 2.47. The van der Waals surface area contributed by atoms with E-state index < -0.39 is 59.6 Å². The van der Waals surface area contributed by atoms with Crippen LogP contribution in [0.5, 0.6) is 0 Å². The number of hydrogen-bond donors (Lipinski definition) is 4. The van der Waals surface area contributed by atoms with Gasteiger partial charge in [-0.15, -0.1) is 28.6 Å². The summed E-state index contributed by atoms with van der Waals surface area (Å²) in [5.74, 6) is -2.92. The lowest BCUT2D eigenvalue weighted by molar-refractivity contribution is -0.193. The van der Waals surface area contributed by atoms with E-state index in [4.69, 9.17) is 30.9 Å². The van der Waals surface area contributed by atoms with Crippen molar-refractivity contribution in [1.29, 1.82) is 5.26 Å². The van der Waals surface area contributed by atoms with Gasteiger partial charge in [-0.05, 0) is 54.1 Å². The number of esters is 2. The normalized spacial score (nSPS) is 19.8. The van der Waals surface area contributed by atoms with E-state index in [0.29, 0.717) is 36.5 Å². The summed E-state index contributed by atoms with van der Waals surface area (Å²) in [4.78, 5) is 66.8. The maximum Gasteiger partial charge on any atom is 0.357 e. The smallest absolute Gasteiger partial charge is 0.357 e. The molecule has 6 N–H and O–H groups in total. The summed E-state index contributed by atoms with van der Waals surface area (Å²) in [6.07, 6.45) is 1.78. The van der Waals surface area contributed by atoms with Crippen molar-refractivity contribution in [2.45, 2.75) is 67.9 Å². The van der Waals surface area contributed by atoms with Crippen LogP contribution in [-0.2, 0) is 45.2 Å². The molecule has 1 aromatic heterocycles. The summed E-state index contributed by atoms with van der Waals surface area (Å²) in [5.41, 5.74) is 10.2. The molecule has 0 saturated carbocycles. The van der Waals surface area contributed by atoms with E-state index in [0.717, 1.165) is 11.8 Å². The first-order valence-corrected chi connectivity index (χ1v) is 18.5. The fourth-order valence-corrected chi connectivity index (χ4v) is 7.79. The number of methoxy groups -OCH3 is 1. The van der Waals surface area contributed by atoms with Crippen molar-refractivity contribution in [2.24, 2.45) is 24.4 Å². The largest absolute Gasteiger partial charge is 0.426 e. The predicted octanol–water partition coefficient (Wildman–Crippen LogP) is -0.782. The Morgan fingerprint density at radius 1 is 1.24 bits per heavy atom. The molecule has 0 bridgehead atoms. The maximum atomic E-state index is 13.7. The van der Waals surface area contributed by atoms with E-state index in [1.54, 1.807) is 7.05 Å². The number of aromatic nitrogens is 4. The Morgan fingerprint density at radius 2 is 2.00 bits per heavy atom. The quantitative estimate of drug-likeness (QED) is 0.0420. The molecule has 4 atom stereocenters. The van der Waals surface area contributed by atoms with Gasteiger partial charge in [-0.25, -0.2) is 14.3 Å². The maximum absolute atomic E-state index is 13.7. The van der Waals surface area contributed by atoms with Crippen molar-refractivity contribution in [3.63, 3.8) is 0 Å². The number of nitrogens with one attached hydrogen (secondary N) is 2. The highest BCUT2D eigenvalue weighted by molar-refractivity contribution is 8.01. The number of tetrazole rings is 1. The molecule has 1 aromatic rings. The molecule has 1 fully saturated rings. The monoisotopic (exact) mass is 742 g/mol. The molecule has 0 aromatic carbocycles. The fourth-order valence-electron chi connectivity index (χ4n) is 4.92. The van der Waals surface area contributed by atoms with Crippen LogP contribution in [0.25, 0.3) is 0 Å². The molecule has 2 aliphatic rings. The number of nitriles is 1. The van der Waals surface area contributed by atoms with Crippen LogP contribution in [0.4, 0.5) is 0 Å². The van der Waals surface area contributed by atoms with Gasteiger partial charge in [0.15, 0.2) is 0 Å². The van der Waals surface area contributed by atoms with Crippen molar-refractivity contribution >= 4 is 64.9 Å². The van der Waals surface area contributed by atoms with Gasteiger partial charge in [0.05, 0.1) is 23.6 Å². The first-order chi connectivity index (χ1) is 23.4. The Balaban J connectivity index is 1.76. The Bertz CT molecular complexity index is 1440. The molecule has 0 aliphatic carbocycles. The number of nitrogens with zero attached hydrogens (tertiary/aromatic N) is 6. The third kappa shape index (κ3) is 10.3. The molecule has 3 rings (SSSR count). The Labute approximate surface area is 296 Å². The van der Waals surface area contributed by atoms with Crippen molar-refractivity contribution in [2.75, 3.05) is 43.5 Å². The second-order valence-corrected chi connectivity index (χ2v) is 14.4. The number of unbranched alkanes of at least 4 members (excludes halogenated alkanes) is 1. The van der Waals surface area contributed by atoms with Crippen LogP contribution in [0.1, 0.15) is 39.5 Å². The Hall–Kier alpha value is -3.42. The minimum absolute atomic E-state index is 0.0790. The van der Waals surface area contributed by atoms with Gasteiger partial charge in [0, 0.05) is 25.7 Å². The topological polar surface area (TPSA) is 260 Å². The van der Waals surface area contributed by atoms with Crippen LogP contribution in [0.15, 0.2) is 16.4 Å². The summed E-state index contributed by atoms with van der Waals surface area (Å²) in [6, 6.07) is 0.0563. The van der Waals surface area contributed by atoms with Crippen LogP contribution >= 0.6 is 35.3 Å². The molecule has 270 valence electrons. The summed E-state index contributed by atoms with van der Waals surface area (Å²) >= 11 is 3.57. The van der Waals surface area contributed by atoms with Crippen molar-refractivity contribution in [3.05, 3.63) is 11.3 Å². The molecule has 0 unspecified atom stereocenters. The number of carbonyl (C=O) groups is 5. The molecule has 0 spiro atoms. The number of β-lactam (4-membered cyclic amide) rings is 1. The van der Waals surface area contributed by atoms with Gasteiger partial charge in [-0.1, -0.05) is 25.6 Å². The van der Waals surface area contributed by atoms with E-state index in [-0.39, 0.29) is 41.0 Å². The van der Waals surface area contributed by atoms with Crippen molar-refractivity contribution in [3.8, 4) is 6.07 Å². The number of aryl methyl sites for hydroxylation is 1. The number of hydrogen-bond acceptors (Lipinski definition) is 17. The Morgan fingerprint density at radius 3 is 2.63 bits per heavy atom. The molecular weight excluding hydrogens is 701 g/mol. The lowest BCUT2D eigenvalue weighted by Crippen LogP contribution is -2.80. The second kappa shape index (κ2) is 19.1. The van der Waals surface area contributed by atoms with E-state index in [9.17, 15) is 24.0 Å². The summed E-state index contributed by atoms with van der Waals surface area (Å²) in [6.45, 7) is 3.43. The van der Waals surface area contributed by atoms with Crippen molar-refractivity contribution < 1.29 is 38.2 Å². The van der Waals surface area contributed by atoms with E-state index in [2.05, 4.69) is 26.2 Å². The average Bonchev–Trinajstić information content (AvgIpc) is 3.48. The van der Waals surface area contributed by atoms with E-state index in [1.165, 1.54) is 40.2 Å². The van der Waals surface area contributed by atoms with Gasteiger partial charge in [0.2, 0.25) is 23.8 Å². The van der Waals surface area contributed by atoms with Gasteiger partial charge < -0.3 is 36.3 Å². The van der Waals surface area contributed by atoms with Gasteiger partial charge in [0.25, 0.3) is 11.6 Å². The zero-order chi connectivity index (χ0) is 36.1. The molecule has 49 heavy (non-hydrogen) atoms. The minimum atomic E-state index is -1.76. The zero-order valence-corrected chi connectivity index (χ0v) is 30.2. The summed E-state index contributed by atoms with van der Waals surface area (Å²) < 4.78 is 17.6. The van der Waals surface area contributed by atoms with Gasteiger partial charge in [-0.2, -0.15) is 5.26 Å².